The van der Waals surface area contributed by atoms with E-state index in [9.17, 15) is 4.79 Å². The van der Waals surface area contributed by atoms with E-state index in [0.717, 1.165) is 41.4 Å². The number of halogens is 1. The molecular weight excluding hydrogens is 324 g/mol. The van der Waals surface area contributed by atoms with E-state index in [1.54, 1.807) is 4.68 Å². The van der Waals surface area contributed by atoms with E-state index in [1.165, 1.54) is 0 Å². The molecule has 1 saturated heterocycles. The Morgan fingerprint density at radius 1 is 1.46 bits per heavy atom. The van der Waals surface area contributed by atoms with Crippen LogP contribution < -0.4 is 0 Å². The van der Waals surface area contributed by atoms with Crippen LogP contribution in [-0.2, 0) is 18.3 Å². The third-order valence-corrected chi connectivity index (χ3v) is 4.99. The molecule has 124 valence electrons. The van der Waals surface area contributed by atoms with Crippen LogP contribution in [0.1, 0.15) is 30.0 Å². The summed E-state index contributed by atoms with van der Waals surface area (Å²) in [5.74, 6) is 0.164. The van der Waals surface area contributed by atoms with E-state index in [-0.39, 0.29) is 11.9 Å². The monoisotopic (exact) mass is 342 g/mol. The summed E-state index contributed by atoms with van der Waals surface area (Å²) in [6.07, 6.45) is 8.22. The van der Waals surface area contributed by atoms with Crippen molar-refractivity contribution in [2.24, 2.45) is 7.05 Å². The molecule has 5 nitrogen and oxygen atoms in total. The highest BCUT2D eigenvalue weighted by Gasteiger charge is 2.30. The van der Waals surface area contributed by atoms with Crippen LogP contribution in [0.3, 0.4) is 0 Å². The molecule has 1 fully saturated rings. The summed E-state index contributed by atoms with van der Waals surface area (Å²) >= 11 is 6.02. The van der Waals surface area contributed by atoms with Gasteiger partial charge in [-0.15, -0.1) is 0 Å². The minimum absolute atomic E-state index is 0.144. The number of fused-ring (bicyclic) bond motifs is 1. The van der Waals surface area contributed by atoms with E-state index in [2.05, 4.69) is 10.1 Å². The second-order valence-corrected chi connectivity index (χ2v) is 6.81. The first-order valence-electron chi connectivity index (χ1n) is 8.15. The predicted octanol–water partition coefficient (Wildman–Crippen LogP) is 3.46. The first kappa shape index (κ1) is 15.3. The Morgan fingerprint density at radius 3 is 3.12 bits per heavy atom. The predicted molar refractivity (Wildman–Crippen MR) is 93.9 cm³/mol. The molecule has 1 N–H and O–H groups in total. The van der Waals surface area contributed by atoms with Gasteiger partial charge >= 0.3 is 0 Å². The lowest BCUT2D eigenvalue weighted by molar-refractivity contribution is -0.131. The Hall–Kier alpha value is -2.27. The maximum atomic E-state index is 12.9. The number of aryl methyl sites for hydroxylation is 1. The molecule has 24 heavy (non-hydrogen) atoms. The summed E-state index contributed by atoms with van der Waals surface area (Å²) in [5, 5.41) is 5.99. The SMILES string of the molecule is Cn1cc([C@@H]2CCCN2C(=O)Cc2c[nH]c3cc(Cl)ccc23)cn1. The Kier molecular flexibility index (Phi) is 3.81. The van der Waals surface area contributed by atoms with Crippen molar-refractivity contribution >= 4 is 28.4 Å². The molecule has 6 heteroatoms. The van der Waals surface area contributed by atoms with Gasteiger partial charge in [0, 0.05) is 47.5 Å². The minimum atomic E-state index is 0.144. The van der Waals surface area contributed by atoms with Gasteiger partial charge in [0.15, 0.2) is 0 Å². The Bertz CT molecular complexity index is 897. The van der Waals surface area contributed by atoms with Crippen LogP contribution in [0.4, 0.5) is 0 Å². The quantitative estimate of drug-likeness (QED) is 0.792. The van der Waals surface area contributed by atoms with Crippen molar-refractivity contribution in [2.75, 3.05) is 6.54 Å². The number of hydrogen-bond donors (Lipinski definition) is 1. The third kappa shape index (κ3) is 2.69. The Balaban J connectivity index is 1.56. The van der Waals surface area contributed by atoms with Gasteiger partial charge in [0.2, 0.25) is 5.91 Å². The Labute approximate surface area is 145 Å². The minimum Gasteiger partial charge on any atom is -0.361 e. The Morgan fingerprint density at radius 2 is 2.33 bits per heavy atom. The summed E-state index contributed by atoms with van der Waals surface area (Å²) in [6.45, 7) is 0.812. The van der Waals surface area contributed by atoms with Crippen LogP contribution in [0, 0.1) is 0 Å². The number of carbonyl (C=O) groups excluding carboxylic acids is 1. The van der Waals surface area contributed by atoms with E-state index in [4.69, 9.17) is 11.6 Å². The zero-order valence-electron chi connectivity index (χ0n) is 13.5. The van der Waals surface area contributed by atoms with Crippen molar-refractivity contribution in [1.29, 1.82) is 0 Å². The average molecular weight is 343 g/mol. The summed E-state index contributed by atoms with van der Waals surface area (Å²) in [4.78, 5) is 18.1. The lowest BCUT2D eigenvalue weighted by atomic mass is 10.1. The molecule has 0 spiro atoms. The van der Waals surface area contributed by atoms with Gasteiger partial charge in [-0.1, -0.05) is 17.7 Å². The highest BCUT2D eigenvalue weighted by atomic mass is 35.5. The standard InChI is InChI=1S/C18H19ClN4O/c1-22-11-13(10-21-22)17-3-2-6-23(17)18(24)7-12-9-20-16-8-14(19)4-5-15(12)16/h4-5,8-11,17,20H,2-3,6-7H2,1H3/t17-/m0/s1. The maximum absolute atomic E-state index is 12.9. The van der Waals surface area contributed by atoms with E-state index in [1.807, 2.05) is 48.7 Å². The topological polar surface area (TPSA) is 53.9 Å². The van der Waals surface area contributed by atoms with Crippen molar-refractivity contribution in [3.05, 3.63) is 52.9 Å². The fourth-order valence-electron chi connectivity index (χ4n) is 3.59. The van der Waals surface area contributed by atoms with Crippen LogP contribution in [0.5, 0.6) is 0 Å². The van der Waals surface area contributed by atoms with E-state index < -0.39 is 0 Å². The zero-order chi connectivity index (χ0) is 16.7. The van der Waals surface area contributed by atoms with Gasteiger partial charge in [0.25, 0.3) is 0 Å². The summed E-state index contributed by atoms with van der Waals surface area (Å²) in [5.41, 5.74) is 3.10. The van der Waals surface area contributed by atoms with Crippen molar-refractivity contribution in [1.82, 2.24) is 19.7 Å². The zero-order valence-corrected chi connectivity index (χ0v) is 14.3. The van der Waals surface area contributed by atoms with Crippen LogP contribution in [-0.4, -0.2) is 32.1 Å². The number of nitrogens with zero attached hydrogens (tertiary/aromatic N) is 3. The first-order chi connectivity index (χ1) is 11.6. The van der Waals surface area contributed by atoms with Crippen molar-refractivity contribution < 1.29 is 4.79 Å². The molecule has 3 aromatic rings. The molecule has 1 aliphatic heterocycles. The van der Waals surface area contributed by atoms with Gasteiger partial charge in [-0.3, -0.25) is 9.48 Å². The van der Waals surface area contributed by atoms with Gasteiger partial charge in [-0.25, -0.2) is 0 Å². The molecule has 2 aromatic heterocycles. The molecule has 0 bridgehead atoms. The third-order valence-electron chi connectivity index (χ3n) is 4.75. The lowest BCUT2D eigenvalue weighted by Gasteiger charge is -2.24. The van der Waals surface area contributed by atoms with Crippen LogP contribution in [0.15, 0.2) is 36.8 Å². The number of aromatic nitrogens is 3. The molecule has 1 aromatic carbocycles. The molecule has 1 atom stereocenters. The number of aromatic amines is 1. The normalized spacial score (nSPS) is 17.8. The molecule has 0 saturated carbocycles. The fraction of sp³-hybridized carbons (Fsp3) is 0.333. The number of benzene rings is 1. The molecule has 1 amide bonds. The lowest BCUT2D eigenvalue weighted by Crippen LogP contribution is -2.31. The molecule has 0 radical (unpaired) electrons. The maximum Gasteiger partial charge on any atom is 0.227 e. The molecule has 1 aliphatic rings. The molecule has 0 aliphatic carbocycles. The van der Waals surface area contributed by atoms with Crippen molar-refractivity contribution in [3.8, 4) is 0 Å². The van der Waals surface area contributed by atoms with Crippen LogP contribution in [0.2, 0.25) is 5.02 Å². The smallest absolute Gasteiger partial charge is 0.227 e. The summed E-state index contributed by atoms with van der Waals surface area (Å²) in [7, 11) is 1.90. The van der Waals surface area contributed by atoms with Gasteiger partial charge in [-0.05, 0) is 30.5 Å². The summed E-state index contributed by atoms with van der Waals surface area (Å²) in [6, 6.07) is 5.87. The molecule has 4 rings (SSSR count). The number of nitrogens with one attached hydrogen (secondary N) is 1. The van der Waals surface area contributed by atoms with Crippen LogP contribution in [0.25, 0.3) is 10.9 Å². The number of H-pyrrole nitrogens is 1. The second kappa shape index (κ2) is 5.98. The van der Waals surface area contributed by atoms with E-state index >= 15 is 0 Å². The summed E-state index contributed by atoms with van der Waals surface area (Å²) < 4.78 is 1.79. The van der Waals surface area contributed by atoms with Gasteiger partial charge in [-0.2, -0.15) is 5.10 Å². The highest BCUT2D eigenvalue weighted by Crippen LogP contribution is 2.32. The van der Waals surface area contributed by atoms with E-state index in [0.29, 0.717) is 11.4 Å². The average Bonchev–Trinajstić information content (AvgIpc) is 3.26. The molecule has 3 heterocycles. The molecule has 0 unspecified atom stereocenters. The van der Waals surface area contributed by atoms with Gasteiger partial charge < -0.3 is 9.88 Å². The number of carbonyl (C=O) groups is 1. The van der Waals surface area contributed by atoms with Crippen molar-refractivity contribution in [3.63, 3.8) is 0 Å². The first-order valence-corrected chi connectivity index (χ1v) is 8.53. The fourth-order valence-corrected chi connectivity index (χ4v) is 3.77. The number of hydrogen-bond acceptors (Lipinski definition) is 2. The number of likely N-dealkylation sites (tertiary alicyclic amines) is 1. The number of rotatable bonds is 3. The highest BCUT2D eigenvalue weighted by molar-refractivity contribution is 6.31. The van der Waals surface area contributed by atoms with Gasteiger partial charge in [0.05, 0.1) is 18.7 Å². The number of amides is 1. The largest absolute Gasteiger partial charge is 0.361 e. The molecular formula is C18H19ClN4O. The van der Waals surface area contributed by atoms with Gasteiger partial charge in [0.1, 0.15) is 0 Å². The second-order valence-electron chi connectivity index (χ2n) is 6.37. The van der Waals surface area contributed by atoms with Crippen LogP contribution >= 0.6 is 11.6 Å². The van der Waals surface area contributed by atoms with Crippen molar-refractivity contribution in [2.45, 2.75) is 25.3 Å².